The molecular formula is C101H108F18Ir4N8O8-4. The van der Waals surface area contributed by atoms with E-state index < -0.39 is 96.7 Å². The predicted octanol–water partition coefficient (Wildman–Crippen LogP) is 23.6. The summed E-state index contributed by atoms with van der Waals surface area (Å²) in [5.41, 5.74) is 8.17. The van der Waals surface area contributed by atoms with Crippen LogP contribution in [0.4, 0.5) is 79.0 Å². The fourth-order valence-electron chi connectivity index (χ4n) is 11.0. The molecule has 12 aromatic rings. The van der Waals surface area contributed by atoms with Crippen molar-refractivity contribution in [1.29, 1.82) is 0 Å². The van der Waals surface area contributed by atoms with Crippen LogP contribution in [0.5, 0.6) is 0 Å². The molecule has 0 amide bonds. The average Bonchev–Trinajstić information content (AvgIpc) is 0.759. The third kappa shape index (κ3) is 41.9. The van der Waals surface area contributed by atoms with Gasteiger partial charge in [-0.3, -0.25) is 37.5 Å². The van der Waals surface area contributed by atoms with Gasteiger partial charge in [-0.2, -0.15) is 43.9 Å². The van der Waals surface area contributed by atoms with Gasteiger partial charge in [-0.1, -0.05) is 152 Å². The summed E-state index contributed by atoms with van der Waals surface area (Å²) in [6, 6.07) is 52.0. The molecule has 16 nitrogen and oxygen atoms in total. The van der Waals surface area contributed by atoms with Crippen LogP contribution >= 0.6 is 0 Å². The minimum atomic E-state index is -6.50. The summed E-state index contributed by atoms with van der Waals surface area (Å²) in [5.74, 6) is -14.8. The third-order valence-electron chi connectivity index (χ3n) is 19.9. The van der Waals surface area contributed by atoms with E-state index in [2.05, 4.69) is 64.1 Å². The maximum atomic E-state index is 13.0. The molecule has 0 aliphatic carbocycles. The van der Waals surface area contributed by atoms with Gasteiger partial charge in [0.2, 0.25) is 0 Å². The molecule has 4 heterocycles. The molecular weight excluding hydrogens is 2560 g/mol. The largest absolute Gasteiger partial charge is 0.459 e. The van der Waals surface area contributed by atoms with Gasteiger partial charge in [-0.25, -0.2) is 17.6 Å². The first-order valence-corrected chi connectivity index (χ1v) is 41.8. The van der Waals surface area contributed by atoms with Gasteiger partial charge in [0.15, 0.2) is 6.10 Å². The van der Waals surface area contributed by atoms with Gasteiger partial charge in [0.25, 0.3) is 0 Å². The molecule has 0 saturated carbocycles. The van der Waals surface area contributed by atoms with Crippen LogP contribution in [-0.2, 0) is 80.4 Å². The molecule has 0 aliphatic heterocycles. The Kier molecular flexibility index (Phi) is 52.4. The van der Waals surface area contributed by atoms with Gasteiger partial charge in [-0.15, -0.1) is 119 Å². The Bertz CT molecular complexity index is 4700. The minimum absolute atomic E-state index is 0. The van der Waals surface area contributed by atoms with E-state index in [0.717, 1.165) is 22.3 Å². The normalized spacial score (nSPS) is 13.3. The van der Waals surface area contributed by atoms with Crippen LogP contribution in [0.1, 0.15) is 136 Å². The summed E-state index contributed by atoms with van der Waals surface area (Å²) in [4.78, 5) is 34.2. The number of benzene rings is 8. The molecule has 8 N–H and O–H groups in total. The van der Waals surface area contributed by atoms with Crippen molar-refractivity contribution < 1.29 is 200 Å². The number of hydrogen-bond donors (Lipinski definition) is 8. The number of aliphatic hydroxyl groups is 8. The molecule has 139 heavy (non-hydrogen) atoms. The molecule has 8 unspecified atom stereocenters. The average molecular weight is 2670 g/mol. The molecule has 0 spiro atoms. The van der Waals surface area contributed by atoms with Crippen LogP contribution in [0, 0.1) is 97.9 Å². The molecule has 766 valence electrons. The van der Waals surface area contributed by atoms with Crippen molar-refractivity contribution in [2.24, 2.45) is 27.1 Å². The maximum Gasteiger partial charge on any atom is 0.459 e. The van der Waals surface area contributed by atoms with Gasteiger partial charge in [0, 0.05) is 195 Å². The fourth-order valence-corrected chi connectivity index (χ4v) is 11.0. The van der Waals surface area contributed by atoms with E-state index in [4.69, 9.17) is 15.3 Å². The van der Waals surface area contributed by atoms with E-state index in [1.807, 2.05) is 62.3 Å². The number of nitrogens with zero attached hydrogens (tertiary/aromatic N) is 8. The number of aliphatic hydroxyl groups excluding tert-OH is 8. The van der Waals surface area contributed by atoms with Crippen molar-refractivity contribution in [3.63, 3.8) is 0 Å². The molecule has 4 aromatic heterocycles. The Hall–Kier alpha value is -8.90. The Morgan fingerprint density at radius 2 is 0.410 bits per heavy atom. The summed E-state index contributed by atoms with van der Waals surface area (Å²) in [5, 5.41) is 74.0. The van der Waals surface area contributed by atoms with Crippen molar-refractivity contribution in [1.82, 2.24) is 39.9 Å². The van der Waals surface area contributed by atoms with Crippen molar-refractivity contribution in [3.8, 4) is 90.1 Å². The zero-order chi connectivity index (χ0) is 102. The SMILES string of the molecule is CC(C)(C)C(O)CC(O)C(C)(C)C.CC(C)(C)C(O)CC(O)C(F)(F)C(F)(F)C(F)(F)F.CC(C)(C)C(O)CC(O)C(F)(F)F.CC(O)CC(O)C(C)(C)C.Fc1c[c-]c(-c2nccnc2-c2ccc(F)cc2)cc1.Fc1c[c-]c(-c2nccnc2-c2ccc(F)cc2)cc1.Fc1c[c-]c(-c2nccnc2-c2ccc(F)cc2)cc1.Fc1c[c-]c(-c2nccnc2-c2ccc(F)cc2)cc1.[Ir].[Ir].[Ir].[Ir]. The molecule has 8 aromatic carbocycles. The van der Waals surface area contributed by atoms with Crippen LogP contribution < -0.4 is 0 Å². The van der Waals surface area contributed by atoms with Crippen LogP contribution in [0.3, 0.4) is 0 Å². The van der Waals surface area contributed by atoms with Crippen molar-refractivity contribution in [2.75, 3.05) is 0 Å². The number of aromatic nitrogens is 8. The fraction of sp³-hybridized carbons (Fsp3) is 0.366. The number of halogens is 18. The van der Waals surface area contributed by atoms with E-state index in [0.29, 0.717) is 80.6 Å². The minimum Gasteiger partial charge on any atom is -0.393 e. The Morgan fingerprint density at radius 1 is 0.237 bits per heavy atom. The zero-order valence-electron chi connectivity index (χ0n) is 78.0. The Labute approximate surface area is 851 Å². The van der Waals surface area contributed by atoms with E-state index in [-0.39, 0.29) is 143 Å². The van der Waals surface area contributed by atoms with Gasteiger partial charge >= 0.3 is 24.2 Å². The van der Waals surface area contributed by atoms with E-state index >= 15 is 0 Å². The molecule has 12 rings (SSSR count). The molecule has 4 radical (unpaired) electrons. The van der Waals surface area contributed by atoms with Gasteiger partial charge < -0.3 is 60.8 Å². The first-order chi connectivity index (χ1) is 62.4. The quantitative estimate of drug-likeness (QED) is 0.0293. The molecule has 0 saturated heterocycles. The number of hydrogen-bond acceptors (Lipinski definition) is 16. The van der Waals surface area contributed by atoms with Gasteiger partial charge in [-0.05, 0) is 111 Å². The predicted molar refractivity (Wildman–Crippen MR) is 478 cm³/mol. The second-order valence-electron chi connectivity index (χ2n) is 36.2. The van der Waals surface area contributed by atoms with Crippen molar-refractivity contribution in [3.05, 3.63) is 290 Å². The number of rotatable bonds is 18. The first-order valence-electron chi connectivity index (χ1n) is 41.8. The second kappa shape index (κ2) is 56.8. The Balaban J connectivity index is 0.000000799. The molecule has 38 heteroatoms. The summed E-state index contributed by atoms with van der Waals surface area (Å²) in [6.07, 6.45) is -10.0. The van der Waals surface area contributed by atoms with E-state index in [9.17, 15) is 105 Å². The smallest absolute Gasteiger partial charge is 0.393 e. The van der Waals surface area contributed by atoms with Crippen LogP contribution in [0.15, 0.2) is 219 Å². The van der Waals surface area contributed by atoms with Crippen LogP contribution in [0.25, 0.3) is 90.1 Å². The topological polar surface area (TPSA) is 265 Å². The summed E-state index contributed by atoms with van der Waals surface area (Å²) < 4.78 is 226. The third-order valence-corrected chi connectivity index (χ3v) is 19.9. The molecule has 0 fully saturated rings. The standard InChI is InChI=1S/4C16H9F2N2.C11H24O2.C10H15F7O2.C8H15F3O2.C8H18O2.4Ir/c4*17-13-5-1-11(2-6-13)15-16(20-10-9-19-15)12-3-7-14(18)8-4-12;1-10(2,3)8(12)7-9(13)11(4,5)6;1-7(2,3)5(18)4-6(19)8(11,12)9(13,14)10(15,16)17;1-7(2,3)5(12)4-6(13)8(9,10)11;1-6(9)5-7(10)8(2,3)4;;;;/h4*1-3,5-10H;8-9,12-13H,7H2,1-6H3;5-6,18-19H,4H2,1-3H3;5-6,12-13H,4H2,1-3H3;6-7,9-10H,5H2,1-4H3;;;;/q4*-1;;;;;;;;. The van der Waals surface area contributed by atoms with Crippen molar-refractivity contribution in [2.45, 2.75) is 209 Å². The van der Waals surface area contributed by atoms with Gasteiger partial charge in [0.05, 0.1) is 59.4 Å². The Morgan fingerprint density at radius 3 is 0.568 bits per heavy atom. The summed E-state index contributed by atoms with van der Waals surface area (Å²) in [6.45, 7) is 28.3. The first kappa shape index (κ1) is 128. The van der Waals surface area contributed by atoms with Crippen molar-refractivity contribution >= 4 is 0 Å². The molecule has 8 atom stereocenters. The summed E-state index contributed by atoms with van der Waals surface area (Å²) in [7, 11) is 0. The number of alkyl halides is 10. The zero-order valence-corrected chi connectivity index (χ0v) is 87.6. The summed E-state index contributed by atoms with van der Waals surface area (Å²) >= 11 is 0. The van der Waals surface area contributed by atoms with Gasteiger partial charge in [0.1, 0.15) is 29.4 Å². The van der Waals surface area contributed by atoms with E-state index in [1.54, 1.807) is 150 Å². The molecule has 0 bridgehead atoms. The van der Waals surface area contributed by atoms with Crippen LogP contribution in [-0.4, -0.2) is 154 Å². The second-order valence-corrected chi connectivity index (χ2v) is 36.2. The maximum absolute atomic E-state index is 13.0. The molecule has 0 aliphatic rings. The van der Waals surface area contributed by atoms with E-state index in [1.165, 1.54) is 118 Å². The van der Waals surface area contributed by atoms with Crippen LogP contribution in [0.2, 0.25) is 0 Å². The monoisotopic (exact) mass is 2670 g/mol.